The molecule has 0 bridgehead atoms. The molecule has 170 valence electrons. The molecule has 1 N–H and O–H groups in total. The van der Waals surface area contributed by atoms with Gasteiger partial charge in [0.05, 0.1) is 5.25 Å². The molecule has 0 aromatic heterocycles. The third kappa shape index (κ3) is 4.72. The van der Waals surface area contributed by atoms with Crippen molar-refractivity contribution in [2.75, 3.05) is 10.2 Å². The Labute approximate surface area is 208 Å². The van der Waals surface area contributed by atoms with Crippen molar-refractivity contribution in [1.29, 1.82) is 5.26 Å². The van der Waals surface area contributed by atoms with Crippen molar-refractivity contribution in [3.63, 3.8) is 0 Å². The zero-order valence-electron chi connectivity index (χ0n) is 18.7. The third-order valence-electron chi connectivity index (χ3n) is 5.60. The quantitative estimate of drug-likeness (QED) is 0.352. The van der Waals surface area contributed by atoms with Gasteiger partial charge in [-0.15, -0.1) is 0 Å². The average molecular weight is 488 g/mol. The van der Waals surface area contributed by atoms with Crippen molar-refractivity contribution < 1.29 is 9.59 Å². The normalized spacial score (nSPS) is 16.8. The van der Waals surface area contributed by atoms with Crippen molar-refractivity contribution in [3.05, 3.63) is 105 Å². The first-order valence-electron chi connectivity index (χ1n) is 10.7. The van der Waals surface area contributed by atoms with Crippen LogP contribution in [0.5, 0.6) is 0 Å². The van der Waals surface area contributed by atoms with Gasteiger partial charge in [0.15, 0.2) is 0 Å². The van der Waals surface area contributed by atoms with Crippen molar-refractivity contribution in [3.8, 4) is 6.07 Å². The molecule has 1 fully saturated rings. The van der Waals surface area contributed by atoms with Crippen LogP contribution < -0.4 is 10.2 Å². The lowest BCUT2D eigenvalue weighted by Crippen LogP contribution is -2.31. The smallest absolute Gasteiger partial charge is 0.269 e. The molecule has 0 saturated carbocycles. The van der Waals surface area contributed by atoms with E-state index in [1.54, 1.807) is 18.2 Å². The molecule has 7 heteroatoms. The molecule has 2 amide bonds. The van der Waals surface area contributed by atoms with Gasteiger partial charge in [0, 0.05) is 16.4 Å². The molecule has 1 aliphatic heterocycles. The van der Waals surface area contributed by atoms with Crippen LogP contribution in [0.1, 0.15) is 16.7 Å². The minimum atomic E-state index is -0.547. The van der Waals surface area contributed by atoms with Crippen LogP contribution in [0.3, 0.4) is 0 Å². The zero-order valence-corrected chi connectivity index (χ0v) is 20.3. The number of thioether (sulfide) groups is 1. The second-order valence-electron chi connectivity index (χ2n) is 7.92. The van der Waals surface area contributed by atoms with E-state index in [0.717, 1.165) is 16.7 Å². The number of benzene rings is 3. The van der Waals surface area contributed by atoms with Gasteiger partial charge in [-0.05, 0) is 55.2 Å². The predicted molar refractivity (Wildman–Crippen MR) is 138 cm³/mol. The highest BCUT2D eigenvalue weighted by Crippen LogP contribution is 2.42. The van der Waals surface area contributed by atoms with E-state index in [1.807, 2.05) is 74.5 Å². The second kappa shape index (κ2) is 10.2. The Bertz CT molecular complexity index is 1310. The second-order valence-corrected chi connectivity index (χ2v) is 9.52. The molecular weight excluding hydrogens is 466 g/mol. The van der Waals surface area contributed by atoms with Crippen molar-refractivity contribution >= 4 is 46.6 Å². The molecule has 0 spiro atoms. The van der Waals surface area contributed by atoms with Crippen LogP contribution in [0.2, 0.25) is 5.02 Å². The summed E-state index contributed by atoms with van der Waals surface area (Å²) in [6, 6.07) is 24.2. The molecule has 4 rings (SSSR count). The van der Waals surface area contributed by atoms with Gasteiger partial charge in [0.1, 0.15) is 16.7 Å². The SMILES string of the molecule is Cc1cccc(C)c1NC(=O)/C(C#N)=C1\S[C@H](Cc2ccccc2Cl)C(=O)N1c1ccccc1. The molecule has 3 aromatic rings. The van der Waals surface area contributed by atoms with E-state index in [1.165, 1.54) is 16.7 Å². The number of carbonyl (C=O) groups excluding carboxylic acids is 2. The number of rotatable bonds is 5. The monoisotopic (exact) mass is 487 g/mol. The maximum Gasteiger partial charge on any atom is 0.269 e. The van der Waals surface area contributed by atoms with Gasteiger partial charge < -0.3 is 5.32 Å². The molecule has 0 unspecified atom stereocenters. The highest BCUT2D eigenvalue weighted by molar-refractivity contribution is 8.05. The lowest BCUT2D eigenvalue weighted by Gasteiger charge is -2.19. The van der Waals surface area contributed by atoms with Crippen LogP contribution in [-0.2, 0) is 16.0 Å². The molecule has 1 saturated heterocycles. The topological polar surface area (TPSA) is 73.2 Å². The fourth-order valence-corrected chi connectivity index (χ4v) is 5.36. The van der Waals surface area contributed by atoms with E-state index in [-0.39, 0.29) is 11.5 Å². The number of halogens is 1. The van der Waals surface area contributed by atoms with E-state index in [2.05, 4.69) is 5.32 Å². The predicted octanol–water partition coefficient (Wildman–Crippen LogP) is 6.02. The first-order chi connectivity index (χ1) is 16.4. The van der Waals surface area contributed by atoms with E-state index < -0.39 is 11.2 Å². The maximum absolute atomic E-state index is 13.5. The lowest BCUT2D eigenvalue weighted by molar-refractivity contribution is -0.117. The summed E-state index contributed by atoms with van der Waals surface area (Å²) < 4.78 is 0. The van der Waals surface area contributed by atoms with Crippen LogP contribution >= 0.6 is 23.4 Å². The number of para-hydroxylation sites is 2. The van der Waals surface area contributed by atoms with E-state index >= 15 is 0 Å². The fourth-order valence-electron chi connectivity index (χ4n) is 3.85. The molecule has 0 aliphatic carbocycles. The van der Waals surface area contributed by atoms with Gasteiger partial charge in [-0.3, -0.25) is 14.5 Å². The maximum atomic E-state index is 13.5. The number of nitriles is 1. The van der Waals surface area contributed by atoms with Gasteiger partial charge in [-0.2, -0.15) is 5.26 Å². The van der Waals surface area contributed by atoms with Gasteiger partial charge in [0.25, 0.3) is 5.91 Å². The first-order valence-corrected chi connectivity index (χ1v) is 12.0. The Kier molecular flexibility index (Phi) is 7.06. The van der Waals surface area contributed by atoms with Gasteiger partial charge in [-0.25, -0.2) is 0 Å². The summed E-state index contributed by atoms with van der Waals surface area (Å²) >= 11 is 7.56. The highest BCUT2D eigenvalue weighted by Gasteiger charge is 2.41. The Hall–Kier alpha value is -3.53. The number of hydrogen-bond acceptors (Lipinski definition) is 4. The Morgan fingerprint density at radius 1 is 1.03 bits per heavy atom. The van der Waals surface area contributed by atoms with Crippen molar-refractivity contribution in [1.82, 2.24) is 0 Å². The van der Waals surface area contributed by atoms with Gasteiger partial charge in [0.2, 0.25) is 5.91 Å². The zero-order chi connectivity index (χ0) is 24.2. The van der Waals surface area contributed by atoms with E-state index in [9.17, 15) is 14.9 Å². The minimum Gasteiger partial charge on any atom is -0.321 e. The number of amides is 2. The number of anilines is 2. The summed E-state index contributed by atoms with van der Waals surface area (Å²) in [6.07, 6.45) is 0.382. The van der Waals surface area contributed by atoms with Gasteiger partial charge in [-0.1, -0.05) is 78.0 Å². The van der Waals surface area contributed by atoms with Crippen LogP contribution in [0.15, 0.2) is 83.4 Å². The summed E-state index contributed by atoms with van der Waals surface area (Å²) in [4.78, 5) is 28.3. The molecule has 5 nitrogen and oxygen atoms in total. The number of nitrogens with one attached hydrogen (secondary N) is 1. The van der Waals surface area contributed by atoms with Crippen LogP contribution in [0.4, 0.5) is 11.4 Å². The molecule has 3 aromatic carbocycles. The molecular formula is C27H22ClN3O2S. The number of carbonyl (C=O) groups is 2. The molecule has 1 heterocycles. The summed E-state index contributed by atoms with van der Waals surface area (Å²) in [5, 5.41) is 13.3. The summed E-state index contributed by atoms with van der Waals surface area (Å²) in [5.41, 5.74) is 3.78. The largest absolute Gasteiger partial charge is 0.321 e. The van der Waals surface area contributed by atoms with E-state index in [4.69, 9.17) is 11.6 Å². The lowest BCUT2D eigenvalue weighted by atomic mass is 10.1. The highest BCUT2D eigenvalue weighted by atomic mass is 35.5. The number of nitrogens with zero attached hydrogens (tertiary/aromatic N) is 2. The minimum absolute atomic E-state index is 0.105. The fraction of sp³-hybridized carbons (Fsp3) is 0.148. The Morgan fingerprint density at radius 2 is 1.68 bits per heavy atom. The summed E-state index contributed by atoms with van der Waals surface area (Å²) in [5.74, 6) is -0.742. The van der Waals surface area contributed by atoms with Crippen LogP contribution in [0.25, 0.3) is 0 Å². The average Bonchev–Trinajstić information content (AvgIpc) is 3.14. The van der Waals surface area contributed by atoms with Crippen LogP contribution in [0, 0.1) is 25.2 Å². The molecule has 1 aliphatic rings. The van der Waals surface area contributed by atoms with Crippen molar-refractivity contribution in [2.45, 2.75) is 25.5 Å². The summed E-state index contributed by atoms with van der Waals surface area (Å²) in [6.45, 7) is 3.79. The Balaban J connectivity index is 1.75. The van der Waals surface area contributed by atoms with Crippen LogP contribution in [-0.4, -0.2) is 17.1 Å². The number of aryl methyl sites for hydroxylation is 2. The molecule has 1 atom stereocenters. The first kappa shape index (κ1) is 23.6. The molecule has 0 radical (unpaired) electrons. The van der Waals surface area contributed by atoms with Crippen molar-refractivity contribution in [2.24, 2.45) is 0 Å². The standard InChI is InChI=1S/C27H22ClN3O2S/c1-17-9-8-10-18(2)24(17)30-25(32)21(16-29)27-31(20-12-4-3-5-13-20)26(33)23(34-27)15-19-11-6-7-14-22(19)28/h3-14,23H,15H2,1-2H3,(H,30,32)/b27-21-/t23-/m1/s1. The van der Waals surface area contributed by atoms with E-state index in [0.29, 0.717) is 27.8 Å². The Morgan fingerprint density at radius 3 is 2.32 bits per heavy atom. The third-order valence-corrected chi connectivity index (χ3v) is 7.23. The van der Waals surface area contributed by atoms with Gasteiger partial charge >= 0.3 is 0 Å². The molecule has 34 heavy (non-hydrogen) atoms. The number of hydrogen-bond donors (Lipinski definition) is 1. The summed E-state index contributed by atoms with van der Waals surface area (Å²) in [7, 11) is 0.